The van der Waals surface area contributed by atoms with E-state index in [0.717, 1.165) is 19.3 Å². The zero-order valence-electron chi connectivity index (χ0n) is 18.6. The van der Waals surface area contributed by atoms with Crippen LogP contribution in [0.3, 0.4) is 0 Å². The van der Waals surface area contributed by atoms with E-state index in [0.29, 0.717) is 29.6 Å². The van der Waals surface area contributed by atoms with Crippen LogP contribution in [0.1, 0.15) is 25.0 Å². The Bertz CT molecular complexity index is 1430. The molecular weight excluding hydrogens is 496 g/mol. The van der Waals surface area contributed by atoms with Gasteiger partial charge in [0.25, 0.3) is 11.5 Å². The highest BCUT2D eigenvalue weighted by Gasteiger charge is 2.26. The molecule has 10 nitrogen and oxygen atoms in total. The average molecular weight is 519 g/mol. The highest BCUT2D eigenvalue weighted by atomic mass is 35.5. The maximum atomic E-state index is 12.9. The summed E-state index contributed by atoms with van der Waals surface area (Å²) >= 11 is 6.15. The summed E-state index contributed by atoms with van der Waals surface area (Å²) in [6.45, 7) is 0.281. The van der Waals surface area contributed by atoms with Crippen LogP contribution in [-0.2, 0) is 30.8 Å². The smallest absolute Gasteiger partial charge is 0.312 e. The number of nitrogens with zero attached hydrogens (tertiary/aromatic N) is 2. The summed E-state index contributed by atoms with van der Waals surface area (Å²) in [6.07, 6.45) is 2.33. The van der Waals surface area contributed by atoms with Gasteiger partial charge in [-0.2, -0.15) is 9.40 Å². The number of halogens is 1. The SMILES string of the molecule is O=C(COC(=O)Cc1n[nH]c(=O)c2ccccc12)Nc1cc(S(=O)(=O)N2CCCCC2)ccc1Cl. The number of carbonyl (C=O) groups is 2. The summed E-state index contributed by atoms with van der Waals surface area (Å²) in [4.78, 5) is 36.5. The molecule has 0 unspecified atom stereocenters. The number of rotatable bonds is 7. The van der Waals surface area contributed by atoms with Gasteiger partial charge in [0, 0.05) is 18.5 Å². The molecule has 3 aromatic rings. The van der Waals surface area contributed by atoms with Crippen molar-refractivity contribution in [1.29, 1.82) is 0 Å². The van der Waals surface area contributed by atoms with Crippen molar-refractivity contribution >= 4 is 50.0 Å². The number of H-pyrrole nitrogens is 1. The minimum atomic E-state index is -3.71. The van der Waals surface area contributed by atoms with Crippen LogP contribution in [0.4, 0.5) is 5.69 Å². The number of carbonyl (C=O) groups excluding carboxylic acids is 2. The molecule has 0 aliphatic carbocycles. The third-order valence-electron chi connectivity index (χ3n) is 5.62. The molecule has 2 heterocycles. The van der Waals surface area contributed by atoms with Crippen LogP contribution in [0.5, 0.6) is 0 Å². The van der Waals surface area contributed by atoms with Gasteiger partial charge in [0.1, 0.15) is 0 Å². The lowest BCUT2D eigenvalue weighted by atomic mass is 10.1. The van der Waals surface area contributed by atoms with E-state index in [2.05, 4.69) is 15.5 Å². The minimum Gasteiger partial charge on any atom is -0.455 e. The highest BCUT2D eigenvalue weighted by molar-refractivity contribution is 7.89. The lowest BCUT2D eigenvalue weighted by molar-refractivity contribution is -0.146. The van der Waals surface area contributed by atoms with Crippen molar-refractivity contribution in [3.05, 3.63) is 63.5 Å². The van der Waals surface area contributed by atoms with Gasteiger partial charge in [-0.05, 0) is 37.1 Å². The van der Waals surface area contributed by atoms with Crippen LogP contribution in [0.25, 0.3) is 10.8 Å². The highest BCUT2D eigenvalue weighted by Crippen LogP contribution is 2.28. The number of esters is 1. The molecule has 1 aliphatic rings. The first-order valence-electron chi connectivity index (χ1n) is 11.0. The molecule has 0 atom stereocenters. The van der Waals surface area contributed by atoms with E-state index in [4.69, 9.17) is 16.3 Å². The number of nitrogens with one attached hydrogen (secondary N) is 2. The number of aromatic amines is 1. The van der Waals surface area contributed by atoms with E-state index in [9.17, 15) is 22.8 Å². The first-order chi connectivity index (χ1) is 16.8. The molecule has 0 bridgehead atoms. The van der Waals surface area contributed by atoms with Crippen LogP contribution in [-0.4, -0.2) is 54.5 Å². The first kappa shape index (κ1) is 24.8. The molecule has 0 spiro atoms. The summed E-state index contributed by atoms with van der Waals surface area (Å²) in [7, 11) is -3.71. The molecule has 4 rings (SSSR count). The normalized spacial score (nSPS) is 14.5. The van der Waals surface area contributed by atoms with Crippen molar-refractivity contribution in [3.8, 4) is 0 Å². The summed E-state index contributed by atoms with van der Waals surface area (Å²) in [5, 5.41) is 9.77. The van der Waals surface area contributed by atoms with Gasteiger partial charge in [-0.1, -0.05) is 36.2 Å². The topological polar surface area (TPSA) is 139 Å². The number of hydrogen-bond acceptors (Lipinski definition) is 7. The monoisotopic (exact) mass is 518 g/mol. The Morgan fingerprint density at radius 1 is 1.09 bits per heavy atom. The van der Waals surface area contributed by atoms with Crippen LogP contribution < -0.4 is 10.9 Å². The molecule has 1 amide bonds. The van der Waals surface area contributed by atoms with Gasteiger partial charge in [-0.15, -0.1) is 0 Å². The maximum absolute atomic E-state index is 12.9. The molecule has 2 aromatic carbocycles. The predicted molar refractivity (Wildman–Crippen MR) is 130 cm³/mol. The minimum absolute atomic E-state index is 0.0205. The van der Waals surface area contributed by atoms with Crippen molar-refractivity contribution in [2.75, 3.05) is 25.0 Å². The lowest BCUT2D eigenvalue weighted by Gasteiger charge is -2.26. The van der Waals surface area contributed by atoms with Crippen molar-refractivity contribution in [2.24, 2.45) is 0 Å². The number of sulfonamides is 1. The Morgan fingerprint density at radius 3 is 2.54 bits per heavy atom. The van der Waals surface area contributed by atoms with E-state index in [-0.39, 0.29) is 27.6 Å². The molecule has 0 saturated carbocycles. The molecule has 1 aliphatic heterocycles. The number of amides is 1. The predicted octanol–water partition coefficient (Wildman–Crippen LogP) is 2.48. The second-order valence-corrected chi connectivity index (χ2v) is 10.4. The van der Waals surface area contributed by atoms with E-state index in [1.807, 2.05) is 0 Å². The molecule has 184 valence electrons. The third-order valence-corrected chi connectivity index (χ3v) is 7.84. The molecule has 1 aromatic heterocycles. The zero-order chi connectivity index (χ0) is 25.0. The number of piperidine rings is 1. The standard InChI is InChI=1S/C23H23ClN4O6S/c24-18-9-8-15(35(32,33)28-10-4-1-5-11-28)12-20(18)25-21(29)14-34-22(30)13-19-16-6-2-3-7-17(16)23(31)27-26-19/h2-3,6-9,12H,1,4-5,10-11,13-14H2,(H,25,29)(H,27,31). The Morgan fingerprint density at radius 2 is 1.80 bits per heavy atom. The van der Waals surface area contributed by atoms with E-state index < -0.39 is 28.5 Å². The zero-order valence-corrected chi connectivity index (χ0v) is 20.2. The average Bonchev–Trinajstić information content (AvgIpc) is 2.86. The van der Waals surface area contributed by atoms with Gasteiger partial charge in [-0.3, -0.25) is 14.4 Å². The summed E-state index contributed by atoms with van der Waals surface area (Å²) in [5.41, 5.74) is 0.0295. The van der Waals surface area contributed by atoms with E-state index >= 15 is 0 Å². The number of fused-ring (bicyclic) bond motifs is 1. The fourth-order valence-corrected chi connectivity index (χ4v) is 5.55. The van der Waals surface area contributed by atoms with E-state index in [1.165, 1.54) is 22.5 Å². The van der Waals surface area contributed by atoms with Gasteiger partial charge in [0.05, 0.1) is 33.1 Å². The van der Waals surface area contributed by atoms with Crippen LogP contribution in [0.2, 0.25) is 5.02 Å². The van der Waals surface area contributed by atoms with Gasteiger partial charge in [0.15, 0.2) is 6.61 Å². The molecule has 1 saturated heterocycles. The molecular formula is C23H23ClN4O6S. The molecule has 0 radical (unpaired) electrons. The van der Waals surface area contributed by atoms with Crippen molar-refractivity contribution in [3.63, 3.8) is 0 Å². The molecule has 35 heavy (non-hydrogen) atoms. The van der Waals surface area contributed by atoms with Gasteiger partial charge >= 0.3 is 5.97 Å². The largest absolute Gasteiger partial charge is 0.455 e. The number of benzene rings is 2. The summed E-state index contributed by atoms with van der Waals surface area (Å²) in [6, 6.07) is 10.8. The second kappa shape index (κ2) is 10.5. The number of hydrogen-bond donors (Lipinski definition) is 2. The molecule has 2 N–H and O–H groups in total. The fourth-order valence-electron chi connectivity index (χ4n) is 3.84. The Balaban J connectivity index is 1.39. The number of aromatic nitrogens is 2. The summed E-state index contributed by atoms with van der Waals surface area (Å²) < 4.78 is 32.3. The van der Waals surface area contributed by atoms with Crippen LogP contribution in [0, 0.1) is 0 Å². The van der Waals surface area contributed by atoms with Crippen molar-refractivity contribution in [1.82, 2.24) is 14.5 Å². The van der Waals surface area contributed by atoms with E-state index in [1.54, 1.807) is 24.3 Å². The van der Waals surface area contributed by atoms with Crippen molar-refractivity contribution in [2.45, 2.75) is 30.6 Å². The lowest BCUT2D eigenvalue weighted by Crippen LogP contribution is -2.35. The maximum Gasteiger partial charge on any atom is 0.312 e. The quantitative estimate of drug-likeness (QED) is 0.458. The van der Waals surface area contributed by atoms with Crippen molar-refractivity contribution < 1.29 is 22.7 Å². The fraction of sp³-hybridized carbons (Fsp3) is 0.304. The molecule has 1 fully saturated rings. The first-order valence-corrected chi connectivity index (χ1v) is 12.8. The third kappa shape index (κ3) is 5.69. The van der Waals surface area contributed by atoms with Crippen LogP contribution in [0.15, 0.2) is 52.2 Å². The number of anilines is 1. The molecule has 12 heteroatoms. The van der Waals surface area contributed by atoms with Gasteiger partial charge in [-0.25, -0.2) is 13.5 Å². The number of ether oxygens (including phenoxy) is 1. The van der Waals surface area contributed by atoms with Gasteiger partial charge in [0.2, 0.25) is 10.0 Å². The summed E-state index contributed by atoms with van der Waals surface area (Å²) in [5.74, 6) is -1.41. The Kier molecular flexibility index (Phi) is 7.48. The van der Waals surface area contributed by atoms with Crippen LogP contribution >= 0.6 is 11.6 Å². The van der Waals surface area contributed by atoms with Gasteiger partial charge < -0.3 is 10.1 Å². The second-order valence-electron chi connectivity index (χ2n) is 8.04. The Hall–Kier alpha value is -3.28. The Labute approximate surface area is 206 Å².